The maximum absolute atomic E-state index is 12.9. The predicted octanol–water partition coefficient (Wildman–Crippen LogP) is 1.54. The van der Waals surface area contributed by atoms with Crippen LogP contribution < -0.4 is 4.74 Å². The van der Waals surface area contributed by atoms with Gasteiger partial charge in [0.1, 0.15) is 30.9 Å². The largest absolute Gasteiger partial charge is 0.491 e. The number of methoxy groups -OCH3 is 1. The van der Waals surface area contributed by atoms with Crippen LogP contribution in [0.4, 0.5) is 4.39 Å². The Morgan fingerprint density at radius 2 is 1.96 bits per heavy atom. The van der Waals surface area contributed by atoms with Gasteiger partial charge in [0.2, 0.25) is 5.91 Å². The van der Waals surface area contributed by atoms with E-state index < -0.39 is 0 Å². The first-order valence-electron chi connectivity index (χ1n) is 9.16. The first-order valence-corrected chi connectivity index (χ1v) is 9.16. The minimum Gasteiger partial charge on any atom is -0.491 e. The Morgan fingerprint density at radius 1 is 1.23 bits per heavy atom. The molecule has 26 heavy (non-hydrogen) atoms. The van der Waals surface area contributed by atoms with Crippen LogP contribution in [0.5, 0.6) is 5.75 Å². The highest BCUT2D eigenvalue weighted by atomic mass is 19.1. The molecule has 1 aromatic carbocycles. The summed E-state index contributed by atoms with van der Waals surface area (Å²) < 4.78 is 29.4. The van der Waals surface area contributed by atoms with E-state index in [1.807, 2.05) is 4.90 Å². The molecule has 2 saturated heterocycles. The molecule has 0 N–H and O–H groups in total. The summed E-state index contributed by atoms with van der Waals surface area (Å²) in [5.41, 5.74) is 0. The third-order valence-electron chi connectivity index (χ3n) is 5.02. The Bertz CT molecular complexity index is 575. The summed E-state index contributed by atoms with van der Waals surface area (Å²) in [4.78, 5) is 16.6. The molecule has 0 bridgehead atoms. The highest BCUT2D eigenvalue weighted by molar-refractivity contribution is 5.78. The van der Waals surface area contributed by atoms with Gasteiger partial charge in [-0.1, -0.05) is 0 Å². The zero-order valence-electron chi connectivity index (χ0n) is 15.2. The van der Waals surface area contributed by atoms with Crippen LogP contribution in [-0.4, -0.2) is 81.0 Å². The lowest BCUT2D eigenvalue weighted by Crippen LogP contribution is -2.55. The standard InChI is InChI=1S/C19H27FN2O4/c1-24-11-10-21-8-6-16(7-9-21)22-12-18(26-14-19(22)23)13-25-17-4-2-15(20)3-5-17/h2-5,16,18H,6-14H2,1H3/t18-/m1/s1. The molecule has 2 heterocycles. The number of likely N-dealkylation sites (tertiary alicyclic amines) is 1. The average Bonchev–Trinajstić information content (AvgIpc) is 2.67. The van der Waals surface area contributed by atoms with Gasteiger partial charge in [-0.05, 0) is 37.1 Å². The molecule has 0 radical (unpaired) electrons. The minimum absolute atomic E-state index is 0.0540. The molecule has 7 heteroatoms. The van der Waals surface area contributed by atoms with E-state index in [4.69, 9.17) is 14.2 Å². The van der Waals surface area contributed by atoms with Gasteiger partial charge in [-0.3, -0.25) is 4.79 Å². The highest BCUT2D eigenvalue weighted by Gasteiger charge is 2.33. The molecule has 2 aliphatic heterocycles. The SMILES string of the molecule is COCCN1CCC(N2C[C@H](COc3ccc(F)cc3)OCC2=O)CC1. The summed E-state index contributed by atoms with van der Waals surface area (Å²) in [5, 5.41) is 0. The molecule has 1 amide bonds. The number of hydrogen-bond donors (Lipinski definition) is 0. The lowest BCUT2D eigenvalue weighted by atomic mass is 10.0. The van der Waals surface area contributed by atoms with Crippen LogP contribution in [0, 0.1) is 5.82 Å². The van der Waals surface area contributed by atoms with Crippen LogP contribution in [0.25, 0.3) is 0 Å². The van der Waals surface area contributed by atoms with Crippen molar-refractivity contribution in [1.29, 1.82) is 0 Å². The van der Waals surface area contributed by atoms with E-state index in [1.165, 1.54) is 12.1 Å². The van der Waals surface area contributed by atoms with E-state index in [2.05, 4.69) is 4.90 Å². The van der Waals surface area contributed by atoms with Gasteiger partial charge < -0.3 is 24.0 Å². The molecule has 3 rings (SSSR count). The Hall–Kier alpha value is -1.70. The summed E-state index contributed by atoms with van der Waals surface area (Å²) >= 11 is 0. The fourth-order valence-corrected chi connectivity index (χ4v) is 3.49. The van der Waals surface area contributed by atoms with E-state index in [1.54, 1.807) is 19.2 Å². The molecule has 0 unspecified atom stereocenters. The van der Waals surface area contributed by atoms with Gasteiger partial charge >= 0.3 is 0 Å². The molecule has 0 aliphatic carbocycles. The number of halogens is 1. The third-order valence-corrected chi connectivity index (χ3v) is 5.02. The van der Waals surface area contributed by atoms with Gasteiger partial charge in [-0.25, -0.2) is 4.39 Å². The summed E-state index contributed by atoms with van der Waals surface area (Å²) in [5.74, 6) is 0.364. The van der Waals surface area contributed by atoms with Crippen LogP contribution >= 0.6 is 0 Å². The highest BCUT2D eigenvalue weighted by Crippen LogP contribution is 2.21. The van der Waals surface area contributed by atoms with Gasteiger partial charge in [-0.2, -0.15) is 0 Å². The fourth-order valence-electron chi connectivity index (χ4n) is 3.49. The van der Waals surface area contributed by atoms with Crippen molar-refractivity contribution < 1.29 is 23.4 Å². The van der Waals surface area contributed by atoms with Crippen molar-refractivity contribution in [2.24, 2.45) is 0 Å². The molecule has 2 fully saturated rings. The number of morpholine rings is 1. The fraction of sp³-hybridized carbons (Fsp3) is 0.632. The number of nitrogens with zero attached hydrogens (tertiary/aromatic N) is 2. The van der Waals surface area contributed by atoms with E-state index in [9.17, 15) is 9.18 Å². The lowest BCUT2D eigenvalue weighted by Gasteiger charge is -2.42. The van der Waals surface area contributed by atoms with Crippen LogP contribution in [0.3, 0.4) is 0 Å². The summed E-state index contributed by atoms with van der Waals surface area (Å²) in [6, 6.07) is 6.18. The van der Waals surface area contributed by atoms with Crippen LogP contribution in [0.2, 0.25) is 0 Å². The Morgan fingerprint density at radius 3 is 2.65 bits per heavy atom. The third kappa shape index (κ3) is 5.16. The van der Waals surface area contributed by atoms with Gasteiger partial charge in [0.25, 0.3) is 0 Å². The first kappa shape index (κ1) is 19.1. The molecule has 0 saturated carbocycles. The molecule has 1 atom stereocenters. The first-order chi connectivity index (χ1) is 12.7. The maximum atomic E-state index is 12.9. The number of ether oxygens (including phenoxy) is 3. The van der Waals surface area contributed by atoms with E-state index in [0.717, 1.165) is 39.1 Å². The molecule has 2 aliphatic rings. The number of rotatable bonds is 7. The number of hydrogen-bond acceptors (Lipinski definition) is 5. The van der Waals surface area contributed by atoms with Crippen molar-refractivity contribution >= 4 is 5.91 Å². The number of piperidine rings is 1. The maximum Gasteiger partial charge on any atom is 0.248 e. The smallest absolute Gasteiger partial charge is 0.248 e. The number of benzene rings is 1. The quantitative estimate of drug-likeness (QED) is 0.733. The molecular weight excluding hydrogens is 339 g/mol. The normalized spacial score (nSPS) is 22.6. The van der Waals surface area contributed by atoms with Crippen molar-refractivity contribution in [3.05, 3.63) is 30.1 Å². The molecule has 144 valence electrons. The van der Waals surface area contributed by atoms with Gasteiger partial charge in [0.15, 0.2) is 0 Å². The second-order valence-corrected chi connectivity index (χ2v) is 6.81. The molecule has 1 aromatic rings. The lowest BCUT2D eigenvalue weighted by molar-refractivity contribution is -0.155. The number of amides is 1. The molecule has 0 aromatic heterocycles. The van der Waals surface area contributed by atoms with E-state index >= 15 is 0 Å². The van der Waals surface area contributed by atoms with Crippen molar-refractivity contribution in [2.45, 2.75) is 25.0 Å². The molecule has 0 spiro atoms. The minimum atomic E-state index is -0.292. The second-order valence-electron chi connectivity index (χ2n) is 6.81. The second kappa shape index (κ2) is 9.30. The Labute approximate surface area is 153 Å². The van der Waals surface area contributed by atoms with Crippen molar-refractivity contribution in [3.63, 3.8) is 0 Å². The van der Waals surface area contributed by atoms with Crippen molar-refractivity contribution in [1.82, 2.24) is 9.80 Å². The monoisotopic (exact) mass is 366 g/mol. The predicted molar refractivity (Wildman–Crippen MR) is 94.7 cm³/mol. The van der Waals surface area contributed by atoms with Crippen LogP contribution in [0.15, 0.2) is 24.3 Å². The average molecular weight is 366 g/mol. The Kier molecular flexibility index (Phi) is 6.82. The summed E-state index contributed by atoms with van der Waals surface area (Å²) in [6.07, 6.45) is 1.78. The van der Waals surface area contributed by atoms with E-state index in [0.29, 0.717) is 18.9 Å². The van der Waals surface area contributed by atoms with Crippen LogP contribution in [0.1, 0.15) is 12.8 Å². The number of carbonyl (C=O) groups is 1. The molecule has 6 nitrogen and oxygen atoms in total. The van der Waals surface area contributed by atoms with Gasteiger partial charge in [0, 0.05) is 32.8 Å². The van der Waals surface area contributed by atoms with Crippen molar-refractivity contribution in [2.75, 3.05) is 53.1 Å². The van der Waals surface area contributed by atoms with Crippen LogP contribution in [-0.2, 0) is 14.3 Å². The topological polar surface area (TPSA) is 51.2 Å². The Balaban J connectivity index is 1.47. The summed E-state index contributed by atoms with van der Waals surface area (Å²) in [6.45, 7) is 4.63. The van der Waals surface area contributed by atoms with Gasteiger partial charge in [-0.15, -0.1) is 0 Å². The zero-order chi connectivity index (χ0) is 18.4. The molecular formula is C19H27FN2O4. The van der Waals surface area contributed by atoms with Gasteiger partial charge in [0.05, 0.1) is 13.2 Å². The van der Waals surface area contributed by atoms with E-state index in [-0.39, 0.29) is 30.5 Å². The summed E-state index contributed by atoms with van der Waals surface area (Å²) in [7, 11) is 1.72. The zero-order valence-corrected chi connectivity index (χ0v) is 15.2. The number of carbonyl (C=O) groups excluding carboxylic acids is 1. The van der Waals surface area contributed by atoms with Crippen molar-refractivity contribution in [3.8, 4) is 5.75 Å².